The molecule has 0 radical (unpaired) electrons. The van der Waals surface area contributed by atoms with E-state index >= 15 is 0 Å². The summed E-state index contributed by atoms with van der Waals surface area (Å²) in [7, 11) is 0. The molecule has 2 N–H and O–H groups in total. The second-order valence-electron chi connectivity index (χ2n) is 10.0. The lowest BCUT2D eigenvalue weighted by molar-refractivity contribution is 0.140. The maximum absolute atomic E-state index is 13.4. The van der Waals surface area contributed by atoms with Gasteiger partial charge in [-0.1, -0.05) is 6.07 Å². The first kappa shape index (κ1) is 22.4. The Morgan fingerprint density at radius 1 is 1.03 bits per heavy atom. The number of fused-ring (bicyclic) bond motifs is 1. The highest BCUT2D eigenvalue weighted by Crippen LogP contribution is 2.38. The molecule has 7 rings (SSSR count). The molecule has 0 bridgehead atoms. The molecule has 38 heavy (non-hydrogen) atoms. The minimum absolute atomic E-state index is 0.0658. The molecule has 1 saturated heterocycles. The van der Waals surface area contributed by atoms with Crippen molar-refractivity contribution in [2.45, 2.75) is 32.4 Å². The number of nitrogens with one attached hydrogen (secondary N) is 2. The molecule has 2 aliphatic heterocycles. The summed E-state index contributed by atoms with van der Waals surface area (Å²) in [6.45, 7) is 3.22. The number of likely N-dealkylation sites (tertiary alicyclic amines) is 1. The molecule has 6 heterocycles. The van der Waals surface area contributed by atoms with Gasteiger partial charge < -0.3 is 14.4 Å². The number of hydrogen-bond acceptors (Lipinski definition) is 4. The molecule has 1 fully saturated rings. The molecule has 5 aromatic rings. The average Bonchev–Trinajstić information content (AvgIpc) is 3.61. The van der Waals surface area contributed by atoms with Crippen molar-refractivity contribution >= 4 is 22.6 Å². The van der Waals surface area contributed by atoms with Crippen LogP contribution in [-0.4, -0.2) is 59.6 Å². The molecule has 0 saturated carbocycles. The second kappa shape index (κ2) is 8.66. The number of piperidine rings is 1. The van der Waals surface area contributed by atoms with E-state index in [0.29, 0.717) is 42.1 Å². The zero-order valence-corrected chi connectivity index (χ0v) is 20.8. The van der Waals surface area contributed by atoms with Crippen molar-refractivity contribution in [3.63, 3.8) is 0 Å². The van der Waals surface area contributed by atoms with E-state index in [4.69, 9.17) is 0 Å². The van der Waals surface area contributed by atoms with Gasteiger partial charge >= 0.3 is 6.03 Å². The number of nitrogens with zero attached hydrogens (tertiary/aromatic N) is 6. The number of carbonyl (C=O) groups is 1. The number of benzene rings is 1. The topological polar surface area (TPSA) is 118 Å². The van der Waals surface area contributed by atoms with E-state index in [1.807, 2.05) is 56.9 Å². The lowest BCUT2D eigenvalue weighted by Gasteiger charge is -2.32. The third-order valence-electron chi connectivity index (χ3n) is 7.77. The summed E-state index contributed by atoms with van der Waals surface area (Å²) in [5.74, 6) is 0. The van der Waals surface area contributed by atoms with Crippen molar-refractivity contribution in [1.82, 2.24) is 33.9 Å². The van der Waals surface area contributed by atoms with Gasteiger partial charge in [0.25, 0.3) is 5.56 Å². The van der Waals surface area contributed by atoms with E-state index in [1.165, 1.54) is 6.42 Å². The Morgan fingerprint density at radius 2 is 1.89 bits per heavy atom. The number of H-pyrrole nitrogens is 2. The lowest BCUT2D eigenvalue weighted by Crippen LogP contribution is -2.45. The van der Waals surface area contributed by atoms with Crippen LogP contribution in [0.4, 0.5) is 4.79 Å². The third-order valence-corrected chi connectivity index (χ3v) is 7.77. The van der Waals surface area contributed by atoms with Gasteiger partial charge in [-0.15, -0.1) is 0 Å². The summed E-state index contributed by atoms with van der Waals surface area (Å²) in [5.41, 5.74) is 5.59. The van der Waals surface area contributed by atoms with E-state index < -0.39 is 0 Å². The van der Waals surface area contributed by atoms with Crippen molar-refractivity contribution in [1.29, 1.82) is 5.26 Å². The number of nitriles is 1. The number of carbonyl (C=O) groups excluding carboxylic acids is 1. The summed E-state index contributed by atoms with van der Waals surface area (Å²) >= 11 is 0. The molecule has 190 valence electrons. The molecule has 10 heteroatoms. The zero-order valence-electron chi connectivity index (χ0n) is 20.8. The number of rotatable bonds is 2. The predicted octanol–water partition coefficient (Wildman–Crippen LogP) is 3.93. The Hall–Kier alpha value is -4.78. The Labute approximate surface area is 217 Å². The van der Waals surface area contributed by atoms with Crippen LogP contribution in [0.5, 0.6) is 0 Å². The fourth-order valence-electron chi connectivity index (χ4n) is 5.97. The van der Waals surface area contributed by atoms with Gasteiger partial charge in [0.2, 0.25) is 0 Å². The van der Waals surface area contributed by atoms with Crippen LogP contribution in [-0.2, 0) is 13.1 Å². The summed E-state index contributed by atoms with van der Waals surface area (Å²) in [5, 5.41) is 16.6. The smallest absolute Gasteiger partial charge is 0.320 e. The van der Waals surface area contributed by atoms with Crippen LogP contribution in [0.2, 0.25) is 0 Å². The molecule has 2 aliphatic rings. The van der Waals surface area contributed by atoms with Crippen molar-refractivity contribution in [3.05, 3.63) is 70.4 Å². The van der Waals surface area contributed by atoms with Crippen molar-refractivity contribution < 1.29 is 4.79 Å². The first-order chi connectivity index (χ1) is 18.6. The number of aromatic nitrogens is 5. The fourth-order valence-corrected chi connectivity index (χ4v) is 5.97. The highest BCUT2D eigenvalue weighted by atomic mass is 16.2. The van der Waals surface area contributed by atoms with Crippen molar-refractivity contribution in [2.24, 2.45) is 0 Å². The average molecular weight is 507 g/mol. The maximum atomic E-state index is 13.4. The van der Waals surface area contributed by atoms with Gasteiger partial charge in [0.1, 0.15) is 5.65 Å². The predicted molar refractivity (Wildman–Crippen MR) is 142 cm³/mol. The van der Waals surface area contributed by atoms with Crippen LogP contribution < -0.4 is 5.56 Å². The minimum atomic E-state index is -0.242. The number of urea groups is 1. The highest BCUT2D eigenvalue weighted by Gasteiger charge is 2.28. The molecule has 0 aliphatic carbocycles. The van der Waals surface area contributed by atoms with E-state index in [1.54, 1.807) is 6.20 Å². The quantitative estimate of drug-likeness (QED) is 0.377. The van der Waals surface area contributed by atoms with Crippen LogP contribution in [0, 0.1) is 11.3 Å². The first-order valence-electron chi connectivity index (χ1n) is 13.0. The van der Waals surface area contributed by atoms with Gasteiger partial charge in [0.05, 0.1) is 40.3 Å². The summed E-state index contributed by atoms with van der Waals surface area (Å²) in [4.78, 5) is 34.7. The van der Waals surface area contributed by atoms with Gasteiger partial charge in [0.15, 0.2) is 0 Å². The Bertz CT molecular complexity index is 1810. The Morgan fingerprint density at radius 3 is 2.74 bits per heavy atom. The molecule has 4 aromatic heterocycles. The fraction of sp³-hybridized carbons (Fsp3) is 0.286. The molecule has 0 atom stereocenters. The zero-order chi connectivity index (χ0) is 25.8. The van der Waals surface area contributed by atoms with E-state index in [9.17, 15) is 14.9 Å². The van der Waals surface area contributed by atoms with Gasteiger partial charge in [-0.3, -0.25) is 19.4 Å². The minimum Gasteiger partial charge on any atom is -0.345 e. The van der Waals surface area contributed by atoms with E-state index in [0.717, 1.165) is 53.6 Å². The monoisotopic (exact) mass is 506 g/mol. The van der Waals surface area contributed by atoms with E-state index in [2.05, 4.69) is 25.8 Å². The summed E-state index contributed by atoms with van der Waals surface area (Å²) in [6.07, 6.45) is 8.86. The molecule has 2 amide bonds. The first-order valence-corrected chi connectivity index (χ1v) is 13.0. The second-order valence-corrected chi connectivity index (χ2v) is 10.0. The van der Waals surface area contributed by atoms with Gasteiger partial charge in [0, 0.05) is 56.1 Å². The number of amides is 2. The molecule has 0 spiro atoms. The highest BCUT2D eigenvalue weighted by molar-refractivity contribution is 6.01. The molecule has 10 nitrogen and oxygen atoms in total. The van der Waals surface area contributed by atoms with Gasteiger partial charge in [-0.05, 0) is 49.1 Å². The summed E-state index contributed by atoms with van der Waals surface area (Å²) in [6, 6.07) is 11.8. The van der Waals surface area contributed by atoms with E-state index in [-0.39, 0.29) is 11.6 Å². The number of hydrogen-bond donors (Lipinski definition) is 2. The number of aromatic amines is 2. The van der Waals surface area contributed by atoms with Gasteiger partial charge in [-0.25, -0.2) is 9.78 Å². The number of pyridine rings is 1. The molecule has 0 unspecified atom stereocenters. The maximum Gasteiger partial charge on any atom is 0.320 e. The van der Waals surface area contributed by atoms with Crippen LogP contribution in [0.3, 0.4) is 0 Å². The Balaban J connectivity index is 1.36. The normalized spacial score (nSPS) is 15.7. The summed E-state index contributed by atoms with van der Waals surface area (Å²) < 4.78 is 4.04. The molecular weight excluding hydrogens is 480 g/mol. The largest absolute Gasteiger partial charge is 0.345 e. The van der Waals surface area contributed by atoms with Crippen molar-refractivity contribution in [3.8, 4) is 28.6 Å². The van der Waals surface area contributed by atoms with Crippen molar-refractivity contribution in [2.75, 3.05) is 19.6 Å². The Kier molecular flexibility index (Phi) is 5.11. The standard InChI is InChI=1S/C28H26N8O2/c29-14-18-12-19-16-35(28(38)33-7-3-1-4-8-33)11-10-34-17-21(20(13-18)26(19)34)25-24(27(37)32-31-25)22-15-30-23-6-2-5-9-36(22)23/h2,5-6,9,12-13,15,17H,1,3-4,7-8,10-11,16H2,(H2,31,32,37). The third kappa shape index (κ3) is 3.43. The SMILES string of the molecule is N#Cc1cc2c3c(c1)c(-c1[nH][nH]c(=O)c1-c1cnc4ccccn14)cn3CCN(C(=O)N1CCCCC1)C2. The van der Waals surface area contributed by atoms with Crippen LogP contribution in [0.1, 0.15) is 30.4 Å². The molecular formula is C28H26N8O2. The van der Waals surface area contributed by atoms with Crippen LogP contribution in [0.15, 0.2) is 53.7 Å². The van der Waals surface area contributed by atoms with Crippen LogP contribution >= 0.6 is 0 Å². The van der Waals surface area contributed by atoms with Crippen LogP contribution in [0.25, 0.3) is 39.1 Å². The number of imidazole rings is 1. The lowest BCUT2D eigenvalue weighted by atomic mass is 10.0. The molecule has 1 aromatic carbocycles. The van der Waals surface area contributed by atoms with Gasteiger partial charge in [-0.2, -0.15) is 5.26 Å².